The van der Waals surface area contributed by atoms with Crippen molar-refractivity contribution in [2.45, 2.75) is 0 Å². The molecule has 118 valence electrons. The Balaban J connectivity index is 1.74. The van der Waals surface area contributed by atoms with Crippen molar-refractivity contribution in [2.75, 3.05) is 0 Å². The number of aromatic nitrogens is 1. The van der Waals surface area contributed by atoms with Crippen molar-refractivity contribution in [1.82, 2.24) is 4.98 Å². The number of carbonyl (C=O) groups excluding carboxylic acids is 2. The molecule has 0 unspecified atom stereocenters. The molecule has 0 saturated heterocycles. The third-order valence-corrected chi connectivity index (χ3v) is 3.51. The Morgan fingerprint density at radius 2 is 1.58 bits per heavy atom. The monoisotopic (exact) mass is 337 g/mol. The van der Waals surface area contributed by atoms with Crippen LogP contribution in [0.3, 0.4) is 0 Å². The first-order valence-corrected chi connectivity index (χ1v) is 7.54. The first-order valence-electron chi connectivity index (χ1n) is 7.16. The second-order valence-corrected chi connectivity index (χ2v) is 5.42. The minimum atomic E-state index is -0.591. The van der Waals surface area contributed by atoms with E-state index in [2.05, 4.69) is 4.98 Å². The molecule has 1 heterocycles. The summed E-state index contributed by atoms with van der Waals surface area (Å²) < 4.78 is 5.65. The molecule has 4 nitrogen and oxygen atoms in total. The van der Waals surface area contributed by atoms with Crippen LogP contribution >= 0.6 is 11.6 Å². The van der Waals surface area contributed by atoms with Crippen LogP contribution in [0.25, 0.3) is 0 Å². The van der Waals surface area contributed by atoms with Crippen molar-refractivity contribution in [3.8, 4) is 11.5 Å². The molecule has 0 saturated carbocycles. The van der Waals surface area contributed by atoms with Gasteiger partial charge < -0.3 is 4.74 Å². The van der Waals surface area contributed by atoms with E-state index < -0.39 is 11.6 Å². The van der Waals surface area contributed by atoms with E-state index in [4.69, 9.17) is 16.3 Å². The van der Waals surface area contributed by atoms with E-state index in [-0.39, 0.29) is 5.56 Å². The van der Waals surface area contributed by atoms with Gasteiger partial charge in [0.25, 0.3) is 0 Å². The number of ketones is 2. The molecule has 0 aliphatic carbocycles. The van der Waals surface area contributed by atoms with E-state index >= 15 is 0 Å². The Bertz CT molecular complexity index is 877. The lowest BCUT2D eigenvalue weighted by Gasteiger charge is -2.06. The van der Waals surface area contributed by atoms with E-state index in [1.54, 1.807) is 66.9 Å². The maximum Gasteiger partial charge on any atom is 0.235 e. The predicted octanol–water partition coefficient (Wildman–Crippen LogP) is 4.59. The minimum absolute atomic E-state index is 0.266. The van der Waals surface area contributed by atoms with E-state index in [1.807, 2.05) is 0 Å². The fraction of sp³-hybridized carbons (Fsp3) is 0. The largest absolute Gasteiger partial charge is 0.457 e. The molecule has 0 bridgehead atoms. The quantitative estimate of drug-likeness (QED) is 0.504. The van der Waals surface area contributed by atoms with Crippen molar-refractivity contribution in [3.63, 3.8) is 0 Å². The van der Waals surface area contributed by atoms with Gasteiger partial charge in [-0.05, 0) is 54.6 Å². The summed E-state index contributed by atoms with van der Waals surface area (Å²) in [4.78, 5) is 28.2. The van der Waals surface area contributed by atoms with Crippen molar-refractivity contribution in [3.05, 3.63) is 89.2 Å². The summed E-state index contributed by atoms with van der Waals surface area (Å²) in [5.41, 5.74) is 0.559. The Morgan fingerprint density at radius 1 is 0.833 bits per heavy atom. The van der Waals surface area contributed by atoms with Crippen molar-refractivity contribution >= 4 is 23.2 Å². The Labute approximate surface area is 143 Å². The Hall–Kier alpha value is -2.98. The first kappa shape index (κ1) is 15.9. The molecule has 1 aromatic heterocycles. The van der Waals surface area contributed by atoms with Gasteiger partial charge in [-0.2, -0.15) is 0 Å². The van der Waals surface area contributed by atoms with E-state index in [0.29, 0.717) is 22.1 Å². The van der Waals surface area contributed by atoms with Crippen molar-refractivity contribution in [2.24, 2.45) is 0 Å². The van der Waals surface area contributed by atoms with Gasteiger partial charge in [-0.1, -0.05) is 17.7 Å². The van der Waals surface area contributed by atoms with Crippen LogP contribution in [0.4, 0.5) is 0 Å². The van der Waals surface area contributed by atoms with Gasteiger partial charge in [0.2, 0.25) is 11.6 Å². The summed E-state index contributed by atoms with van der Waals surface area (Å²) in [6, 6.07) is 16.5. The van der Waals surface area contributed by atoms with E-state index in [9.17, 15) is 9.59 Å². The maximum absolute atomic E-state index is 12.2. The van der Waals surface area contributed by atoms with Crippen LogP contribution < -0.4 is 4.74 Å². The second-order valence-electron chi connectivity index (χ2n) is 4.98. The molecule has 0 spiro atoms. The predicted molar refractivity (Wildman–Crippen MR) is 90.9 cm³/mol. The number of pyridine rings is 1. The molecule has 0 fully saturated rings. The SMILES string of the molecule is O=C(C(=O)c1cccnc1)c1ccc(Oc2cccc(Cl)c2)cc1. The number of halogens is 1. The number of hydrogen-bond donors (Lipinski definition) is 0. The smallest absolute Gasteiger partial charge is 0.235 e. The van der Waals surface area contributed by atoms with Crippen molar-refractivity contribution < 1.29 is 14.3 Å². The number of hydrogen-bond acceptors (Lipinski definition) is 4. The van der Waals surface area contributed by atoms with E-state index in [1.165, 1.54) is 6.20 Å². The van der Waals surface area contributed by atoms with Crippen molar-refractivity contribution in [1.29, 1.82) is 0 Å². The summed E-state index contributed by atoms with van der Waals surface area (Å²) in [5, 5.41) is 0.571. The van der Waals surface area contributed by atoms with Gasteiger partial charge in [-0.3, -0.25) is 14.6 Å². The zero-order chi connectivity index (χ0) is 16.9. The minimum Gasteiger partial charge on any atom is -0.457 e. The number of benzene rings is 2. The summed E-state index contributed by atoms with van der Waals surface area (Å²) in [5.74, 6) is -0.0421. The zero-order valence-corrected chi connectivity index (χ0v) is 13.2. The van der Waals surface area contributed by atoms with Gasteiger partial charge in [-0.15, -0.1) is 0 Å². The summed E-state index contributed by atoms with van der Waals surface area (Å²) in [7, 11) is 0. The molecule has 5 heteroatoms. The molecule has 0 atom stereocenters. The standard InChI is InChI=1S/C19H12ClNO3/c20-15-4-1-5-17(11-15)24-16-8-6-13(7-9-16)18(22)19(23)14-3-2-10-21-12-14/h1-12H. The number of rotatable bonds is 5. The third kappa shape index (κ3) is 3.67. The highest BCUT2D eigenvalue weighted by Crippen LogP contribution is 2.24. The maximum atomic E-state index is 12.2. The highest BCUT2D eigenvalue weighted by molar-refractivity contribution is 6.49. The second kappa shape index (κ2) is 7.06. The van der Waals surface area contributed by atoms with Crippen LogP contribution in [0.5, 0.6) is 11.5 Å². The number of Topliss-reactive ketones (excluding diaryl/α,β-unsaturated/α-hetero) is 2. The van der Waals surface area contributed by atoms with Gasteiger partial charge in [0, 0.05) is 28.5 Å². The Morgan fingerprint density at radius 3 is 2.25 bits per heavy atom. The molecule has 3 rings (SSSR count). The average molecular weight is 338 g/mol. The fourth-order valence-corrected chi connectivity index (χ4v) is 2.28. The van der Waals surface area contributed by atoms with Gasteiger partial charge in [0.15, 0.2) is 0 Å². The zero-order valence-electron chi connectivity index (χ0n) is 12.5. The topological polar surface area (TPSA) is 56.3 Å². The summed E-state index contributed by atoms with van der Waals surface area (Å²) >= 11 is 5.90. The normalized spacial score (nSPS) is 10.2. The fourth-order valence-electron chi connectivity index (χ4n) is 2.10. The summed E-state index contributed by atoms with van der Waals surface area (Å²) in [6.45, 7) is 0. The van der Waals surface area contributed by atoms with Gasteiger partial charge >= 0.3 is 0 Å². The highest BCUT2D eigenvalue weighted by Gasteiger charge is 2.18. The molecule has 0 N–H and O–H groups in total. The molecular weight excluding hydrogens is 326 g/mol. The molecule has 0 aliphatic rings. The molecule has 0 radical (unpaired) electrons. The lowest BCUT2D eigenvalue weighted by Crippen LogP contribution is -2.14. The lowest BCUT2D eigenvalue weighted by molar-refractivity contribution is 0.0816. The molecule has 0 amide bonds. The van der Waals surface area contributed by atoms with Gasteiger partial charge in [0.05, 0.1) is 0 Å². The van der Waals surface area contributed by atoms with E-state index in [0.717, 1.165) is 0 Å². The van der Waals surface area contributed by atoms with Crippen LogP contribution in [-0.4, -0.2) is 16.6 Å². The van der Waals surface area contributed by atoms with Crippen LogP contribution in [-0.2, 0) is 0 Å². The summed E-state index contributed by atoms with van der Waals surface area (Å²) in [6.07, 6.45) is 2.92. The number of carbonyl (C=O) groups is 2. The van der Waals surface area contributed by atoms with Gasteiger partial charge in [-0.25, -0.2) is 0 Å². The highest BCUT2D eigenvalue weighted by atomic mass is 35.5. The number of nitrogens with zero attached hydrogens (tertiary/aromatic N) is 1. The molecule has 0 aliphatic heterocycles. The molecule has 24 heavy (non-hydrogen) atoms. The van der Waals surface area contributed by atoms with Crippen LogP contribution in [0.1, 0.15) is 20.7 Å². The lowest BCUT2D eigenvalue weighted by atomic mass is 10.0. The average Bonchev–Trinajstić information content (AvgIpc) is 2.62. The molecule has 3 aromatic rings. The van der Waals surface area contributed by atoms with Crippen LogP contribution in [0.2, 0.25) is 5.02 Å². The first-order chi connectivity index (χ1) is 11.6. The van der Waals surface area contributed by atoms with Crippen LogP contribution in [0.15, 0.2) is 73.1 Å². The van der Waals surface area contributed by atoms with Gasteiger partial charge in [0.1, 0.15) is 11.5 Å². The third-order valence-electron chi connectivity index (χ3n) is 3.28. The molecule has 2 aromatic carbocycles. The van der Waals surface area contributed by atoms with Crippen LogP contribution in [0, 0.1) is 0 Å². The molecular formula is C19H12ClNO3. The Kier molecular flexibility index (Phi) is 4.68. The number of ether oxygens (including phenoxy) is 1.